The number of rotatable bonds is 2. The highest BCUT2D eigenvalue weighted by atomic mass is 35.5. The van der Waals surface area contributed by atoms with Crippen LogP contribution in [0.25, 0.3) is 0 Å². The van der Waals surface area contributed by atoms with E-state index in [0.29, 0.717) is 10.6 Å². The molecule has 5 heteroatoms. The minimum Gasteiger partial charge on any atom is -0.410 e. The van der Waals surface area contributed by atoms with E-state index in [4.69, 9.17) is 28.4 Å². The first-order chi connectivity index (χ1) is 6.15. The van der Waals surface area contributed by atoms with Crippen molar-refractivity contribution in [2.45, 2.75) is 0 Å². The third-order valence-corrected chi connectivity index (χ3v) is 1.88. The van der Waals surface area contributed by atoms with Gasteiger partial charge in [-0.05, 0) is 24.3 Å². The number of carbonyl (C=O) groups is 1. The summed E-state index contributed by atoms with van der Waals surface area (Å²) in [4.78, 5) is 11.2. The van der Waals surface area contributed by atoms with Crippen molar-refractivity contribution in [3.63, 3.8) is 0 Å². The Bertz CT molecular complexity index is 346. The van der Waals surface area contributed by atoms with E-state index < -0.39 is 11.0 Å². The van der Waals surface area contributed by atoms with Gasteiger partial charge >= 0.3 is 0 Å². The summed E-state index contributed by atoms with van der Waals surface area (Å²) in [6, 6.07) is 6.10. The van der Waals surface area contributed by atoms with Gasteiger partial charge in [0.05, 0.1) is 0 Å². The molecule has 0 aromatic heterocycles. The molecule has 0 amide bonds. The normalized spacial score (nSPS) is 11.4. The monoisotopic (exact) mass is 217 g/mol. The van der Waals surface area contributed by atoms with Crippen molar-refractivity contribution in [1.82, 2.24) is 0 Å². The lowest BCUT2D eigenvalue weighted by Crippen LogP contribution is -2.07. The highest BCUT2D eigenvalue weighted by molar-refractivity contribution is 6.84. The molecule has 0 atom stereocenters. The number of ketones is 1. The molecule has 0 radical (unpaired) electrons. The predicted octanol–water partition coefficient (Wildman–Crippen LogP) is 2.55. The van der Waals surface area contributed by atoms with Gasteiger partial charge in [0, 0.05) is 10.6 Å². The zero-order valence-electron chi connectivity index (χ0n) is 6.37. The maximum atomic E-state index is 11.2. The van der Waals surface area contributed by atoms with Crippen LogP contribution < -0.4 is 0 Å². The van der Waals surface area contributed by atoms with Crippen molar-refractivity contribution in [2.75, 3.05) is 0 Å². The summed E-state index contributed by atoms with van der Waals surface area (Å²) in [5.74, 6) is -0.541. The lowest BCUT2D eigenvalue weighted by Gasteiger charge is -1.96. The SMILES string of the molecule is O=C(/C(Cl)=N/O)c1ccc(Cl)cc1. The largest absolute Gasteiger partial charge is 0.410 e. The van der Waals surface area contributed by atoms with Crippen molar-refractivity contribution in [3.05, 3.63) is 34.9 Å². The van der Waals surface area contributed by atoms with Gasteiger partial charge in [-0.25, -0.2) is 0 Å². The average molecular weight is 218 g/mol. The number of hydrogen-bond donors (Lipinski definition) is 1. The van der Waals surface area contributed by atoms with Gasteiger partial charge in [-0.15, -0.1) is 0 Å². The lowest BCUT2D eigenvalue weighted by molar-refractivity contribution is 0.106. The van der Waals surface area contributed by atoms with Gasteiger partial charge < -0.3 is 5.21 Å². The number of carbonyl (C=O) groups excluding carboxylic acids is 1. The topological polar surface area (TPSA) is 49.7 Å². The number of oxime groups is 1. The Kier molecular flexibility index (Phi) is 3.28. The van der Waals surface area contributed by atoms with E-state index in [-0.39, 0.29) is 0 Å². The number of nitrogens with zero attached hydrogens (tertiary/aromatic N) is 1. The van der Waals surface area contributed by atoms with Crippen LogP contribution in [0.5, 0.6) is 0 Å². The quantitative estimate of drug-likeness (QED) is 0.359. The lowest BCUT2D eigenvalue weighted by atomic mass is 10.1. The molecule has 3 nitrogen and oxygen atoms in total. The van der Waals surface area contributed by atoms with Crippen molar-refractivity contribution < 1.29 is 10.0 Å². The summed E-state index contributed by atoms with van der Waals surface area (Å²) in [5, 5.41) is 10.9. The Morgan fingerprint density at radius 3 is 2.31 bits per heavy atom. The van der Waals surface area contributed by atoms with Gasteiger partial charge in [0.1, 0.15) is 0 Å². The molecule has 13 heavy (non-hydrogen) atoms. The average Bonchev–Trinajstić information content (AvgIpc) is 2.17. The molecule has 0 spiro atoms. The molecule has 1 aromatic carbocycles. The van der Waals surface area contributed by atoms with Crippen LogP contribution in [0.1, 0.15) is 10.4 Å². The summed E-state index contributed by atoms with van der Waals surface area (Å²) < 4.78 is 0. The molecule has 1 rings (SSSR count). The third kappa shape index (κ3) is 2.44. The molecule has 0 aliphatic carbocycles. The molecule has 0 aliphatic heterocycles. The predicted molar refractivity (Wildman–Crippen MR) is 50.9 cm³/mol. The number of halogens is 2. The summed E-state index contributed by atoms with van der Waals surface area (Å²) >= 11 is 10.9. The molecule has 0 heterocycles. The standard InChI is InChI=1S/C8H5Cl2NO2/c9-6-3-1-5(2-4-6)7(12)8(10)11-13/h1-4,13H/b11-8-. The Labute approximate surface area is 84.6 Å². The van der Waals surface area contributed by atoms with Crippen LogP contribution in [0.2, 0.25) is 5.02 Å². The molecule has 0 saturated carbocycles. The van der Waals surface area contributed by atoms with Crippen LogP contribution >= 0.6 is 23.2 Å². The second-order valence-electron chi connectivity index (χ2n) is 2.23. The van der Waals surface area contributed by atoms with Crippen LogP contribution in [-0.2, 0) is 0 Å². The molecule has 0 bridgehead atoms. The van der Waals surface area contributed by atoms with Crippen LogP contribution in [0.4, 0.5) is 0 Å². The highest BCUT2D eigenvalue weighted by Crippen LogP contribution is 2.11. The van der Waals surface area contributed by atoms with Crippen molar-refractivity contribution in [1.29, 1.82) is 0 Å². The van der Waals surface area contributed by atoms with E-state index in [9.17, 15) is 4.79 Å². The molecular weight excluding hydrogens is 213 g/mol. The summed E-state index contributed by atoms with van der Waals surface area (Å²) in [6.45, 7) is 0. The van der Waals surface area contributed by atoms with Crippen LogP contribution in [0.15, 0.2) is 29.4 Å². The Morgan fingerprint density at radius 1 is 1.31 bits per heavy atom. The third-order valence-electron chi connectivity index (χ3n) is 1.38. The fourth-order valence-electron chi connectivity index (χ4n) is 0.766. The first-order valence-corrected chi connectivity index (χ1v) is 4.08. The Balaban J connectivity index is 2.97. The number of benzene rings is 1. The maximum absolute atomic E-state index is 11.2. The molecule has 0 aliphatic rings. The van der Waals surface area contributed by atoms with Crippen molar-refractivity contribution in [3.8, 4) is 0 Å². The molecule has 1 N–H and O–H groups in total. The summed E-state index contributed by atoms with van der Waals surface area (Å²) in [7, 11) is 0. The van der Waals surface area contributed by atoms with E-state index >= 15 is 0 Å². The van der Waals surface area contributed by atoms with E-state index in [0.717, 1.165) is 0 Å². The van der Waals surface area contributed by atoms with Crippen LogP contribution in [0, 0.1) is 0 Å². The van der Waals surface area contributed by atoms with Gasteiger partial charge in [-0.2, -0.15) is 0 Å². The second-order valence-corrected chi connectivity index (χ2v) is 3.02. The maximum Gasteiger partial charge on any atom is 0.226 e. The zero-order chi connectivity index (χ0) is 9.84. The fraction of sp³-hybridized carbons (Fsp3) is 0. The molecule has 0 unspecified atom stereocenters. The summed E-state index contributed by atoms with van der Waals surface area (Å²) in [5.41, 5.74) is 0.326. The van der Waals surface area contributed by atoms with Gasteiger partial charge in [-0.3, -0.25) is 4.79 Å². The Hall–Kier alpha value is -1.06. The second kappa shape index (κ2) is 4.25. The van der Waals surface area contributed by atoms with E-state index in [2.05, 4.69) is 5.16 Å². The fourth-order valence-corrected chi connectivity index (χ4v) is 1.00. The van der Waals surface area contributed by atoms with E-state index in [1.165, 1.54) is 12.1 Å². The minimum absolute atomic E-state index is 0.326. The van der Waals surface area contributed by atoms with Gasteiger partial charge in [0.25, 0.3) is 0 Å². The van der Waals surface area contributed by atoms with Crippen molar-refractivity contribution in [2.24, 2.45) is 5.16 Å². The Morgan fingerprint density at radius 2 is 1.85 bits per heavy atom. The number of hydrogen-bond acceptors (Lipinski definition) is 3. The first kappa shape index (κ1) is 10.0. The molecule has 1 aromatic rings. The van der Waals surface area contributed by atoms with Crippen LogP contribution in [-0.4, -0.2) is 16.2 Å². The van der Waals surface area contributed by atoms with Gasteiger partial charge in [0.15, 0.2) is 0 Å². The molecule has 0 fully saturated rings. The minimum atomic E-state index is -0.541. The summed E-state index contributed by atoms with van der Waals surface area (Å²) in [6.07, 6.45) is 0. The van der Waals surface area contributed by atoms with Crippen molar-refractivity contribution >= 4 is 34.2 Å². The molecule has 68 valence electrons. The number of Topliss-reactive ketones (excluding diaryl/α,β-unsaturated/α-hetero) is 1. The van der Waals surface area contributed by atoms with E-state index in [1.807, 2.05) is 0 Å². The smallest absolute Gasteiger partial charge is 0.226 e. The van der Waals surface area contributed by atoms with Crippen LogP contribution in [0.3, 0.4) is 0 Å². The van der Waals surface area contributed by atoms with E-state index in [1.54, 1.807) is 12.1 Å². The highest BCUT2D eigenvalue weighted by Gasteiger charge is 2.11. The van der Waals surface area contributed by atoms with Gasteiger partial charge in [0.2, 0.25) is 11.0 Å². The molecule has 0 saturated heterocycles. The first-order valence-electron chi connectivity index (χ1n) is 3.33. The van der Waals surface area contributed by atoms with Gasteiger partial charge in [-0.1, -0.05) is 28.4 Å². The zero-order valence-corrected chi connectivity index (χ0v) is 7.88. The molecular formula is C8H5Cl2NO2.